The monoisotopic (exact) mass is 372 g/mol. The Labute approximate surface area is 169 Å². The van der Waals surface area contributed by atoms with Crippen molar-refractivity contribution in [1.29, 1.82) is 0 Å². The SMILES string of the molecule is C=C/N=C(\C=C/C)C(C)N(C/C(C)=C(\C)C/C=C\C(CC)CC)C(C)CC. The molecule has 0 amide bonds. The highest BCUT2D eigenvalue weighted by Gasteiger charge is 2.22. The van der Waals surface area contributed by atoms with E-state index in [1.54, 1.807) is 6.20 Å². The number of aliphatic imine (C=N–C) groups is 1. The molecular weight excluding hydrogens is 328 g/mol. The molecule has 0 aromatic heterocycles. The van der Waals surface area contributed by atoms with E-state index in [0.29, 0.717) is 12.0 Å². The first-order valence-corrected chi connectivity index (χ1v) is 10.7. The van der Waals surface area contributed by atoms with Crippen molar-refractivity contribution in [2.75, 3.05) is 6.54 Å². The summed E-state index contributed by atoms with van der Waals surface area (Å²) < 4.78 is 0. The number of hydrogen-bond donors (Lipinski definition) is 0. The first-order valence-electron chi connectivity index (χ1n) is 10.7. The topological polar surface area (TPSA) is 15.6 Å². The van der Waals surface area contributed by atoms with Crippen LogP contribution < -0.4 is 0 Å². The van der Waals surface area contributed by atoms with Crippen LogP contribution in [0.25, 0.3) is 0 Å². The van der Waals surface area contributed by atoms with Crippen molar-refractivity contribution >= 4 is 5.71 Å². The molecule has 2 atom stereocenters. The summed E-state index contributed by atoms with van der Waals surface area (Å²) in [6, 6.07) is 0.764. The minimum Gasteiger partial charge on any atom is -0.288 e. The molecule has 2 heteroatoms. The van der Waals surface area contributed by atoms with E-state index in [2.05, 4.69) is 89.2 Å². The summed E-state index contributed by atoms with van der Waals surface area (Å²) in [6.45, 7) is 22.7. The molecule has 0 saturated carbocycles. The van der Waals surface area contributed by atoms with Gasteiger partial charge in [-0.05, 0) is 72.3 Å². The van der Waals surface area contributed by atoms with E-state index in [4.69, 9.17) is 0 Å². The number of nitrogens with zero attached hydrogens (tertiary/aromatic N) is 2. The molecule has 0 aromatic carbocycles. The van der Waals surface area contributed by atoms with E-state index in [9.17, 15) is 0 Å². The summed E-state index contributed by atoms with van der Waals surface area (Å²) in [4.78, 5) is 7.08. The van der Waals surface area contributed by atoms with Gasteiger partial charge in [0.2, 0.25) is 0 Å². The zero-order chi connectivity index (χ0) is 20.8. The minimum absolute atomic E-state index is 0.261. The minimum atomic E-state index is 0.261. The molecule has 154 valence electrons. The predicted molar refractivity (Wildman–Crippen MR) is 125 cm³/mol. The average molecular weight is 373 g/mol. The second-order valence-corrected chi connectivity index (χ2v) is 7.61. The maximum atomic E-state index is 4.52. The zero-order valence-corrected chi connectivity index (χ0v) is 19.3. The van der Waals surface area contributed by atoms with Gasteiger partial charge < -0.3 is 0 Å². The van der Waals surface area contributed by atoms with E-state index in [-0.39, 0.29) is 6.04 Å². The van der Waals surface area contributed by atoms with Crippen LogP contribution >= 0.6 is 0 Å². The van der Waals surface area contributed by atoms with Crippen LogP contribution in [0.2, 0.25) is 0 Å². The van der Waals surface area contributed by atoms with E-state index in [1.165, 1.54) is 24.0 Å². The molecule has 27 heavy (non-hydrogen) atoms. The fourth-order valence-electron chi connectivity index (χ4n) is 3.23. The summed E-state index contributed by atoms with van der Waals surface area (Å²) in [7, 11) is 0. The first-order chi connectivity index (χ1) is 12.9. The van der Waals surface area contributed by atoms with Crippen molar-refractivity contribution in [1.82, 2.24) is 4.90 Å². The van der Waals surface area contributed by atoms with Crippen molar-refractivity contribution in [3.05, 3.63) is 48.2 Å². The van der Waals surface area contributed by atoms with E-state index < -0.39 is 0 Å². The molecule has 0 aliphatic carbocycles. The van der Waals surface area contributed by atoms with Gasteiger partial charge in [-0.1, -0.05) is 56.7 Å². The molecule has 0 saturated heterocycles. The lowest BCUT2D eigenvalue weighted by Gasteiger charge is -2.35. The van der Waals surface area contributed by atoms with Gasteiger partial charge in [0.05, 0.1) is 5.71 Å². The third-order valence-electron chi connectivity index (χ3n) is 5.69. The van der Waals surface area contributed by atoms with Crippen molar-refractivity contribution < 1.29 is 0 Å². The number of allylic oxidation sites excluding steroid dienone is 4. The van der Waals surface area contributed by atoms with Crippen LogP contribution in [0.5, 0.6) is 0 Å². The second kappa shape index (κ2) is 14.6. The van der Waals surface area contributed by atoms with Gasteiger partial charge in [0.25, 0.3) is 0 Å². The van der Waals surface area contributed by atoms with Crippen LogP contribution in [-0.2, 0) is 0 Å². The molecule has 0 fully saturated rings. The number of hydrogen-bond acceptors (Lipinski definition) is 2. The largest absolute Gasteiger partial charge is 0.288 e. The molecule has 0 heterocycles. The molecule has 0 N–H and O–H groups in total. The molecule has 0 aromatic rings. The van der Waals surface area contributed by atoms with Gasteiger partial charge in [0.1, 0.15) is 0 Å². The maximum absolute atomic E-state index is 4.52. The molecule has 0 rings (SSSR count). The normalized spacial score (nSPS) is 16.4. The Morgan fingerprint density at radius 1 is 1.04 bits per heavy atom. The van der Waals surface area contributed by atoms with Gasteiger partial charge in [-0.2, -0.15) is 0 Å². The Bertz CT molecular complexity index is 533. The summed E-state index contributed by atoms with van der Waals surface area (Å²) in [5, 5.41) is 0. The van der Waals surface area contributed by atoms with Gasteiger partial charge in [-0.3, -0.25) is 9.89 Å². The van der Waals surface area contributed by atoms with Gasteiger partial charge in [0, 0.05) is 24.8 Å². The molecule has 0 aliphatic rings. The Balaban J connectivity index is 5.37. The Kier molecular flexibility index (Phi) is 13.9. The van der Waals surface area contributed by atoms with Crippen LogP contribution in [0.1, 0.15) is 81.1 Å². The summed E-state index contributed by atoms with van der Waals surface area (Å²) in [5.74, 6) is 0.716. The average Bonchev–Trinajstić information content (AvgIpc) is 2.67. The molecular formula is C25H44N2. The van der Waals surface area contributed by atoms with Crippen LogP contribution in [0.3, 0.4) is 0 Å². The molecule has 0 radical (unpaired) electrons. The van der Waals surface area contributed by atoms with E-state index in [0.717, 1.165) is 25.1 Å². The van der Waals surface area contributed by atoms with Crippen molar-refractivity contribution in [2.45, 2.75) is 93.2 Å². The van der Waals surface area contributed by atoms with Crippen molar-refractivity contribution in [2.24, 2.45) is 10.9 Å². The van der Waals surface area contributed by atoms with Gasteiger partial charge in [0.15, 0.2) is 0 Å². The van der Waals surface area contributed by atoms with Crippen LogP contribution in [0.4, 0.5) is 0 Å². The van der Waals surface area contributed by atoms with Crippen LogP contribution in [0.15, 0.2) is 53.2 Å². The fraction of sp³-hybridized carbons (Fsp3) is 0.640. The smallest absolute Gasteiger partial charge is 0.0569 e. The lowest BCUT2D eigenvalue weighted by Crippen LogP contribution is -2.45. The number of rotatable bonds is 13. The van der Waals surface area contributed by atoms with Crippen LogP contribution in [-0.4, -0.2) is 29.2 Å². The quantitative estimate of drug-likeness (QED) is 0.244. The van der Waals surface area contributed by atoms with Crippen molar-refractivity contribution in [3.8, 4) is 0 Å². The third-order valence-corrected chi connectivity index (χ3v) is 5.69. The van der Waals surface area contributed by atoms with E-state index >= 15 is 0 Å². The van der Waals surface area contributed by atoms with Crippen molar-refractivity contribution in [3.63, 3.8) is 0 Å². The highest BCUT2D eigenvalue weighted by Crippen LogP contribution is 2.18. The highest BCUT2D eigenvalue weighted by atomic mass is 15.2. The van der Waals surface area contributed by atoms with Gasteiger partial charge in [-0.25, -0.2) is 0 Å². The van der Waals surface area contributed by atoms with Gasteiger partial charge >= 0.3 is 0 Å². The predicted octanol–water partition coefficient (Wildman–Crippen LogP) is 7.35. The molecule has 0 aliphatic heterocycles. The Morgan fingerprint density at radius 3 is 2.15 bits per heavy atom. The molecule has 0 bridgehead atoms. The fourth-order valence-corrected chi connectivity index (χ4v) is 3.23. The third kappa shape index (κ3) is 9.37. The standard InChI is InChI=1S/C25H44N2/c1-10-16-25(26-14-5)23(9)27(22(8)11-2)19-21(7)20(6)17-15-18-24(12-3)13-4/h10,14-16,18,22-24H,5,11-13,17,19H2,1-4,6-9H3/b16-10-,18-15-,21-20+,26-25+. The first kappa shape index (κ1) is 25.6. The zero-order valence-electron chi connectivity index (χ0n) is 19.3. The van der Waals surface area contributed by atoms with Gasteiger partial charge in [-0.15, -0.1) is 0 Å². The summed E-state index contributed by atoms with van der Waals surface area (Å²) >= 11 is 0. The second-order valence-electron chi connectivity index (χ2n) is 7.61. The lowest BCUT2D eigenvalue weighted by atomic mass is 10.00. The summed E-state index contributed by atoms with van der Waals surface area (Å²) in [5.41, 5.74) is 4.02. The molecule has 0 spiro atoms. The van der Waals surface area contributed by atoms with Crippen LogP contribution in [0, 0.1) is 5.92 Å². The highest BCUT2D eigenvalue weighted by molar-refractivity contribution is 5.99. The molecule has 2 nitrogen and oxygen atoms in total. The summed E-state index contributed by atoms with van der Waals surface area (Å²) in [6.07, 6.45) is 15.2. The molecule has 2 unspecified atom stereocenters. The Morgan fingerprint density at radius 2 is 1.67 bits per heavy atom. The van der Waals surface area contributed by atoms with E-state index in [1.807, 2.05) is 6.92 Å². The maximum Gasteiger partial charge on any atom is 0.0569 e. The Hall–Kier alpha value is -1.41. The lowest BCUT2D eigenvalue weighted by molar-refractivity contribution is 0.202.